The molecule has 65 heavy (non-hydrogen) atoms. The third-order valence-corrected chi connectivity index (χ3v) is 14.4. The second-order valence-corrected chi connectivity index (χ2v) is 17.6. The van der Waals surface area contributed by atoms with Gasteiger partial charge in [0.25, 0.3) is 0 Å². The number of nitrogens with zero attached hydrogens (tertiary/aromatic N) is 2. The Morgan fingerprint density at radius 3 is 1.54 bits per heavy atom. The molecule has 302 valence electrons. The molecule has 0 amide bonds. The van der Waals surface area contributed by atoms with Crippen molar-refractivity contribution in [2.24, 2.45) is 0 Å². The van der Waals surface area contributed by atoms with Crippen LogP contribution in [0.2, 0.25) is 0 Å². The van der Waals surface area contributed by atoms with Crippen LogP contribution in [0.5, 0.6) is 0 Å². The third-order valence-electron chi connectivity index (χ3n) is 14.4. The van der Waals surface area contributed by atoms with Crippen LogP contribution in [0.15, 0.2) is 243 Å². The van der Waals surface area contributed by atoms with E-state index in [0.29, 0.717) is 0 Å². The first-order chi connectivity index (χ1) is 32.3. The highest BCUT2D eigenvalue weighted by molar-refractivity contribution is 6.13. The predicted molar refractivity (Wildman–Crippen MR) is 272 cm³/mol. The van der Waals surface area contributed by atoms with Gasteiger partial charge in [-0.15, -0.1) is 0 Å². The summed E-state index contributed by atoms with van der Waals surface area (Å²) in [7, 11) is 0. The first-order valence-corrected chi connectivity index (χ1v) is 22.6. The highest BCUT2D eigenvalue weighted by atomic mass is 15.1. The van der Waals surface area contributed by atoms with E-state index in [1.807, 2.05) is 0 Å². The molecule has 0 aliphatic heterocycles. The average molecular weight is 825 g/mol. The van der Waals surface area contributed by atoms with E-state index in [1.165, 1.54) is 99.0 Å². The molecule has 1 heterocycles. The Hall–Kier alpha value is -8.46. The van der Waals surface area contributed by atoms with Gasteiger partial charge >= 0.3 is 0 Å². The zero-order valence-electron chi connectivity index (χ0n) is 35.5. The molecule has 12 aromatic rings. The molecule has 0 radical (unpaired) electrons. The second kappa shape index (κ2) is 13.8. The smallest absolute Gasteiger partial charge is 0.0726 e. The van der Waals surface area contributed by atoms with E-state index in [1.54, 1.807) is 0 Å². The van der Waals surface area contributed by atoms with Crippen molar-refractivity contribution < 1.29 is 0 Å². The summed E-state index contributed by atoms with van der Waals surface area (Å²) < 4.78 is 2.42. The van der Waals surface area contributed by atoms with Crippen LogP contribution in [0, 0.1) is 0 Å². The Kier molecular flexibility index (Phi) is 7.64. The van der Waals surface area contributed by atoms with Gasteiger partial charge in [-0.05, 0) is 126 Å². The fourth-order valence-electron chi connectivity index (χ4n) is 11.8. The third kappa shape index (κ3) is 4.99. The van der Waals surface area contributed by atoms with Gasteiger partial charge in [0.05, 0.1) is 22.1 Å². The number of para-hydroxylation sites is 2. The van der Waals surface area contributed by atoms with Crippen LogP contribution >= 0.6 is 0 Å². The van der Waals surface area contributed by atoms with Gasteiger partial charge in [0.2, 0.25) is 0 Å². The van der Waals surface area contributed by atoms with Gasteiger partial charge in [-0.25, -0.2) is 0 Å². The van der Waals surface area contributed by atoms with Gasteiger partial charge in [0.15, 0.2) is 0 Å². The van der Waals surface area contributed by atoms with E-state index in [2.05, 4.69) is 252 Å². The fourth-order valence-corrected chi connectivity index (χ4v) is 11.8. The molecule has 11 aromatic carbocycles. The first-order valence-electron chi connectivity index (χ1n) is 22.6. The molecule has 2 aliphatic carbocycles. The maximum atomic E-state index is 2.51. The number of benzene rings is 11. The molecule has 2 aliphatic rings. The molecule has 0 saturated carbocycles. The summed E-state index contributed by atoms with van der Waals surface area (Å²) in [5, 5.41) is 7.48. The maximum absolute atomic E-state index is 2.51. The molecule has 1 spiro atoms. The van der Waals surface area contributed by atoms with E-state index in [9.17, 15) is 0 Å². The van der Waals surface area contributed by atoms with Crippen LogP contribution in [0.3, 0.4) is 0 Å². The molecular formula is C63H40N2. The number of aromatic nitrogens is 1. The van der Waals surface area contributed by atoms with Crippen LogP contribution in [0.4, 0.5) is 17.1 Å². The van der Waals surface area contributed by atoms with Crippen molar-refractivity contribution in [2.45, 2.75) is 5.41 Å². The van der Waals surface area contributed by atoms with E-state index < -0.39 is 5.41 Å². The van der Waals surface area contributed by atoms with Gasteiger partial charge in [0.1, 0.15) is 0 Å². The van der Waals surface area contributed by atoms with Crippen molar-refractivity contribution in [3.63, 3.8) is 0 Å². The molecule has 14 rings (SSSR count). The van der Waals surface area contributed by atoms with Gasteiger partial charge in [0, 0.05) is 33.4 Å². The summed E-state index contributed by atoms with van der Waals surface area (Å²) in [5.74, 6) is 0. The number of fused-ring (bicyclic) bond motifs is 15. The van der Waals surface area contributed by atoms with Crippen molar-refractivity contribution in [1.29, 1.82) is 0 Å². The number of rotatable bonds is 5. The highest BCUT2D eigenvalue weighted by Crippen LogP contribution is 2.64. The molecule has 1 aromatic heterocycles. The lowest BCUT2D eigenvalue weighted by Crippen LogP contribution is -2.26. The molecule has 0 N–H and O–H groups in total. The van der Waals surface area contributed by atoms with E-state index in [4.69, 9.17) is 0 Å². The minimum absolute atomic E-state index is 0.455. The summed E-state index contributed by atoms with van der Waals surface area (Å²) in [6, 6.07) is 90.1. The van der Waals surface area contributed by atoms with Crippen LogP contribution < -0.4 is 4.90 Å². The van der Waals surface area contributed by atoms with Crippen LogP contribution in [-0.4, -0.2) is 4.57 Å². The number of anilines is 3. The summed E-state index contributed by atoms with van der Waals surface area (Å²) in [4.78, 5) is 2.51. The standard InChI is InChI=1S/C63H40N2/c1-2-19-44(20-3-1)65-58-31-15-11-25-51(58)52-38-37-46(40-60(52)65)64(45-35-33-41(34-36-45)61-47-21-6-4-17-42(47)39-43-18-5-7-22-48(43)61)59-32-16-30-57-62(59)53-26-10-14-29-56(53)63(57)54-27-12-8-23-49(54)50-24-9-13-28-55(50)63/h1-40H. The summed E-state index contributed by atoms with van der Waals surface area (Å²) in [6.45, 7) is 0. The van der Waals surface area contributed by atoms with Crippen LogP contribution in [-0.2, 0) is 5.41 Å². The lowest BCUT2D eigenvalue weighted by Gasteiger charge is -2.32. The SMILES string of the molecule is c1ccc(-n2c3ccccc3c3ccc(N(c4ccc(-c5c6ccccc6cc6ccccc56)cc4)c4cccc5c4-c4ccccc4C54c5ccccc5-c5ccccc54)cc32)cc1. The second-order valence-electron chi connectivity index (χ2n) is 17.6. The first kappa shape index (κ1) is 36.1. The Balaban J connectivity index is 1.05. The van der Waals surface area contributed by atoms with E-state index >= 15 is 0 Å². The van der Waals surface area contributed by atoms with Gasteiger partial charge < -0.3 is 9.47 Å². The largest absolute Gasteiger partial charge is 0.310 e. The maximum Gasteiger partial charge on any atom is 0.0726 e. The Labute approximate surface area is 377 Å². The minimum Gasteiger partial charge on any atom is -0.310 e. The molecule has 0 fully saturated rings. The van der Waals surface area contributed by atoms with Crippen molar-refractivity contribution in [1.82, 2.24) is 4.57 Å². The molecular weight excluding hydrogens is 785 g/mol. The number of hydrogen-bond acceptors (Lipinski definition) is 1. The quantitative estimate of drug-likeness (QED) is 0.157. The van der Waals surface area contributed by atoms with E-state index in [0.717, 1.165) is 22.7 Å². The lowest BCUT2D eigenvalue weighted by atomic mass is 9.70. The number of hydrogen-bond donors (Lipinski definition) is 0. The lowest BCUT2D eigenvalue weighted by molar-refractivity contribution is 0.794. The van der Waals surface area contributed by atoms with Gasteiger partial charge in [-0.2, -0.15) is 0 Å². The Bertz CT molecular complexity index is 3790. The molecule has 0 unspecified atom stereocenters. The molecule has 2 nitrogen and oxygen atoms in total. The Morgan fingerprint density at radius 2 is 0.846 bits per heavy atom. The van der Waals surface area contributed by atoms with Crippen molar-refractivity contribution in [3.8, 4) is 39.1 Å². The molecule has 0 atom stereocenters. The van der Waals surface area contributed by atoms with Crippen molar-refractivity contribution in [3.05, 3.63) is 265 Å². The van der Waals surface area contributed by atoms with Crippen molar-refractivity contribution in [2.75, 3.05) is 4.90 Å². The zero-order chi connectivity index (χ0) is 42.6. The molecule has 0 bridgehead atoms. The molecule has 0 saturated heterocycles. The van der Waals surface area contributed by atoms with Crippen molar-refractivity contribution >= 4 is 60.4 Å². The Morgan fingerprint density at radius 1 is 0.323 bits per heavy atom. The van der Waals surface area contributed by atoms with Gasteiger partial charge in [-0.1, -0.05) is 188 Å². The molecule has 2 heteroatoms. The van der Waals surface area contributed by atoms with Crippen LogP contribution in [0.1, 0.15) is 22.3 Å². The summed E-state index contributed by atoms with van der Waals surface area (Å²) >= 11 is 0. The normalized spacial score (nSPS) is 13.0. The monoisotopic (exact) mass is 824 g/mol. The van der Waals surface area contributed by atoms with Crippen LogP contribution in [0.25, 0.3) is 82.4 Å². The highest BCUT2D eigenvalue weighted by Gasteiger charge is 2.52. The minimum atomic E-state index is -0.455. The summed E-state index contributed by atoms with van der Waals surface area (Å²) in [5.41, 5.74) is 19.3. The predicted octanol–water partition coefficient (Wildman–Crippen LogP) is 16.6. The average Bonchev–Trinajstić information content (AvgIpc) is 3.98. The fraction of sp³-hybridized carbons (Fsp3) is 0.0159. The van der Waals surface area contributed by atoms with E-state index in [-0.39, 0.29) is 0 Å². The summed E-state index contributed by atoms with van der Waals surface area (Å²) in [6.07, 6.45) is 0. The topological polar surface area (TPSA) is 8.17 Å². The van der Waals surface area contributed by atoms with Gasteiger partial charge in [-0.3, -0.25) is 0 Å². The zero-order valence-corrected chi connectivity index (χ0v) is 35.5.